The third-order valence-corrected chi connectivity index (χ3v) is 4.17. The van der Waals surface area contributed by atoms with Gasteiger partial charge in [0, 0.05) is 19.2 Å². The molecule has 2 rings (SSSR count). The van der Waals surface area contributed by atoms with Crippen molar-refractivity contribution in [3.05, 3.63) is 65.2 Å². The molecule has 2 aromatic carbocycles. The van der Waals surface area contributed by atoms with Gasteiger partial charge in [0.05, 0.1) is 6.54 Å². The van der Waals surface area contributed by atoms with Gasteiger partial charge in [-0.3, -0.25) is 9.59 Å². The van der Waals surface area contributed by atoms with Crippen molar-refractivity contribution in [3.63, 3.8) is 0 Å². The quantitative estimate of drug-likeness (QED) is 0.886. The lowest BCUT2D eigenvalue weighted by Gasteiger charge is -2.21. The molecule has 0 unspecified atom stereocenters. The van der Waals surface area contributed by atoms with E-state index in [0.717, 1.165) is 28.8 Å². The van der Waals surface area contributed by atoms with E-state index >= 15 is 0 Å². The van der Waals surface area contributed by atoms with Crippen LogP contribution >= 0.6 is 0 Å². The Morgan fingerprint density at radius 2 is 1.71 bits per heavy atom. The fourth-order valence-corrected chi connectivity index (χ4v) is 2.51. The summed E-state index contributed by atoms with van der Waals surface area (Å²) in [6.07, 6.45) is 0.733. The van der Waals surface area contributed by atoms with E-state index < -0.39 is 0 Å². The Morgan fingerprint density at radius 1 is 1.00 bits per heavy atom. The molecule has 0 saturated heterocycles. The predicted molar refractivity (Wildman–Crippen MR) is 96.9 cm³/mol. The topological polar surface area (TPSA) is 49.4 Å². The van der Waals surface area contributed by atoms with E-state index in [2.05, 4.69) is 5.32 Å². The van der Waals surface area contributed by atoms with Gasteiger partial charge in [-0.2, -0.15) is 0 Å². The van der Waals surface area contributed by atoms with E-state index in [1.807, 2.05) is 62.4 Å². The third-order valence-electron chi connectivity index (χ3n) is 4.17. The Hall–Kier alpha value is -2.62. The Kier molecular flexibility index (Phi) is 6.13. The molecule has 0 radical (unpaired) electrons. The smallest absolute Gasteiger partial charge is 0.244 e. The molecular weight excluding hydrogens is 300 g/mol. The number of hydrogen-bond donors (Lipinski definition) is 1. The fourth-order valence-electron chi connectivity index (χ4n) is 2.51. The van der Waals surface area contributed by atoms with E-state index in [1.165, 1.54) is 6.92 Å². The van der Waals surface area contributed by atoms with Crippen molar-refractivity contribution < 1.29 is 9.59 Å². The molecule has 0 aliphatic rings. The molecule has 0 saturated carbocycles. The standard InChI is InChI=1S/C20H24N2O2/c1-15-8-7-11-19(16(15)2)21-20(24)14-22(17(3)23)13-12-18-9-5-4-6-10-18/h4-11H,12-14H2,1-3H3,(H,21,24). The first-order valence-electron chi connectivity index (χ1n) is 8.13. The van der Waals surface area contributed by atoms with E-state index in [-0.39, 0.29) is 18.4 Å². The first kappa shape index (κ1) is 17.7. The highest BCUT2D eigenvalue weighted by molar-refractivity contribution is 5.95. The van der Waals surface area contributed by atoms with Crippen LogP contribution in [0.15, 0.2) is 48.5 Å². The number of amides is 2. The van der Waals surface area contributed by atoms with Crippen LogP contribution < -0.4 is 5.32 Å². The third kappa shape index (κ3) is 4.95. The second-order valence-corrected chi connectivity index (χ2v) is 5.97. The van der Waals surface area contributed by atoms with Gasteiger partial charge in [-0.15, -0.1) is 0 Å². The number of aryl methyl sites for hydroxylation is 1. The zero-order valence-electron chi connectivity index (χ0n) is 14.5. The van der Waals surface area contributed by atoms with Crippen molar-refractivity contribution in [2.24, 2.45) is 0 Å². The first-order valence-corrected chi connectivity index (χ1v) is 8.13. The van der Waals surface area contributed by atoms with Crippen molar-refractivity contribution >= 4 is 17.5 Å². The summed E-state index contributed by atoms with van der Waals surface area (Å²) >= 11 is 0. The highest BCUT2D eigenvalue weighted by atomic mass is 16.2. The Balaban J connectivity index is 1.95. The Morgan fingerprint density at radius 3 is 2.38 bits per heavy atom. The van der Waals surface area contributed by atoms with Gasteiger partial charge in [-0.05, 0) is 43.0 Å². The molecule has 4 nitrogen and oxygen atoms in total. The van der Waals surface area contributed by atoms with Crippen LogP contribution in [0.1, 0.15) is 23.6 Å². The van der Waals surface area contributed by atoms with Crippen molar-refractivity contribution in [2.45, 2.75) is 27.2 Å². The summed E-state index contributed by atoms with van der Waals surface area (Å²) in [6, 6.07) is 15.7. The number of carbonyl (C=O) groups excluding carboxylic acids is 2. The molecule has 24 heavy (non-hydrogen) atoms. The molecular formula is C20H24N2O2. The van der Waals surface area contributed by atoms with Crippen molar-refractivity contribution in [1.29, 1.82) is 0 Å². The second-order valence-electron chi connectivity index (χ2n) is 5.97. The van der Waals surface area contributed by atoms with Gasteiger partial charge < -0.3 is 10.2 Å². The number of rotatable bonds is 6. The second kappa shape index (κ2) is 8.29. The van der Waals surface area contributed by atoms with Gasteiger partial charge >= 0.3 is 0 Å². The molecule has 0 fully saturated rings. The van der Waals surface area contributed by atoms with Crippen LogP contribution in [0.4, 0.5) is 5.69 Å². The molecule has 0 bridgehead atoms. The maximum absolute atomic E-state index is 12.3. The summed E-state index contributed by atoms with van der Waals surface area (Å²) in [4.78, 5) is 25.7. The van der Waals surface area contributed by atoms with E-state index in [9.17, 15) is 9.59 Å². The maximum atomic E-state index is 12.3. The molecule has 0 aliphatic heterocycles. The minimum atomic E-state index is -0.174. The highest BCUT2D eigenvalue weighted by Crippen LogP contribution is 2.17. The number of anilines is 1. The van der Waals surface area contributed by atoms with Gasteiger partial charge in [0.2, 0.25) is 11.8 Å². The summed E-state index contributed by atoms with van der Waals surface area (Å²) in [5.74, 6) is -0.269. The Bertz CT molecular complexity index is 711. The zero-order valence-corrected chi connectivity index (χ0v) is 14.5. The number of hydrogen-bond acceptors (Lipinski definition) is 2. The van der Waals surface area contributed by atoms with E-state index in [1.54, 1.807) is 4.90 Å². The lowest BCUT2D eigenvalue weighted by atomic mass is 10.1. The van der Waals surface area contributed by atoms with Gasteiger partial charge in [-0.25, -0.2) is 0 Å². The summed E-state index contributed by atoms with van der Waals surface area (Å²) in [5.41, 5.74) is 4.12. The van der Waals surface area contributed by atoms with Gasteiger partial charge in [0.25, 0.3) is 0 Å². The van der Waals surface area contributed by atoms with Crippen LogP contribution in [-0.4, -0.2) is 29.8 Å². The predicted octanol–water partition coefficient (Wildman–Crippen LogP) is 3.33. The number of nitrogens with zero attached hydrogens (tertiary/aromatic N) is 1. The van der Waals surface area contributed by atoms with Crippen LogP contribution in [0.25, 0.3) is 0 Å². The fraction of sp³-hybridized carbons (Fsp3) is 0.300. The Labute approximate surface area is 143 Å². The van der Waals surface area contributed by atoms with E-state index in [0.29, 0.717) is 6.54 Å². The summed E-state index contributed by atoms with van der Waals surface area (Å²) in [7, 11) is 0. The average Bonchev–Trinajstić information content (AvgIpc) is 2.56. The number of nitrogens with one attached hydrogen (secondary N) is 1. The number of carbonyl (C=O) groups is 2. The monoisotopic (exact) mass is 324 g/mol. The van der Waals surface area contributed by atoms with Crippen molar-refractivity contribution in [3.8, 4) is 0 Å². The lowest BCUT2D eigenvalue weighted by molar-refractivity contribution is -0.132. The molecule has 0 spiro atoms. The molecule has 4 heteroatoms. The zero-order chi connectivity index (χ0) is 17.5. The molecule has 1 N–H and O–H groups in total. The van der Waals surface area contributed by atoms with Gasteiger partial charge in [0.1, 0.15) is 0 Å². The van der Waals surface area contributed by atoms with E-state index in [4.69, 9.17) is 0 Å². The minimum Gasteiger partial charge on any atom is -0.333 e. The van der Waals surface area contributed by atoms with Crippen LogP contribution in [0.2, 0.25) is 0 Å². The molecule has 2 amide bonds. The van der Waals surface area contributed by atoms with Crippen LogP contribution in [0, 0.1) is 13.8 Å². The average molecular weight is 324 g/mol. The van der Waals surface area contributed by atoms with Crippen LogP contribution in [-0.2, 0) is 16.0 Å². The summed E-state index contributed by atoms with van der Waals surface area (Å²) < 4.78 is 0. The van der Waals surface area contributed by atoms with Gasteiger partial charge in [0.15, 0.2) is 0 Å². The molecule has 2 aromatic rings. The SMILES string of the molecule is CC(=O)N(CCc1ccccc1)CC(=O)Nc1cccc(C)c1C. The van der Waals surface area contributed by atoms with Crippen molar-refractivity contribution in [2.75, 3.05) is 18.4 Å². The number of benzene rings is 2. The molecule has 0 aromatic heterocycles. The lowest BCUT2D eigenvalue weighted by Crippen LogP contribution is -2.38. The van der Waals surface area contributed by atoms with Crippen LogP contribution in [0.5, 0.6) is 0 Å². The molecule has 0 aliphatic carbocycles. The molecule has 0 atom stereocenters. The largest absolute Gasteiger partial charge is 0.333 e. The summed E-state index contributed by atoms with van der Waals surface area (Å²) in [5, 5.41) is 2.90. The normalized spacial score (nSPS) is 10.3. The summed E-state index contributed by atoms with van der Waals surface area (Å²) in [6.45, 7) is 6.07. The van der Waals surface area contributed by atoms with Crippen molar-refractivity contribution in [1.82, 2.24) is 4.90 Å². The van der Waals surface area contributed by atoms with Gasteiger partial charge in [-0.1, -0.05) is 42.5 Å². The highest BCUT2D eigenvalue weighted by Gasteiger charge is 2.14. The first-order chi connectivity index (χ1) is 11.5. The minimum absolute atomic E-state index is 0.0650. The molecule has 0 heterocycles. The maximum Gasteiger partial charge on any atom is 0.244 e. The molecule has 126 valence electrons. The van der Waals surface area contributed by atoms with Crippen LogP contribution in [0.3, 0.4) is 0 Å².